The molecule has 3 heterocycles. The van der Waals surface area contributed by atoms with Crippen LogP contribution in [-0.4, -0.2) is 70.1 Å². The smallest absolute Gasteiger partial charge is 0.378 e. The maximum atomic E-state index is 12.7. The summed E-state index contributed by atoms with van der Waals surface area (Å²) in [5.74, 6) is -0.137. The number of hydrogen-bond acceptors (Lipinski definition) is 5. The topological polar surface area (TPSA) is 63.5 Å². The number of amides is 1. The van der Waals surface area contributed by atoms with Crippen LogP contribution in [0.2, 0.25) is 0 Å². The number of benzene rings is 1. The van der Waals surface area contributed by atoms with Crippen molar-refractivity contribution in [3.05, 3.63) is 47.3 Å². The van der Waals surface area contributed by atoms with Gasteiger partial charge in [-0.15, -0.1) is 5.10 Å². The van der Waals surface area contributed by atoms with E-state index in [4.69, 9.17) is 4.74 Å². The van der Waals surface area contributed by atoms with Gasteiger partial charge in [-0.2, -0.15) is 13.2 Å². The van der Waals surface area contributed by atoms with Gasteiger partial charge in [0.05, 0.1) is 31.0 Å². The Balaban J connectivity index is 1.37. The summed E-state index contributed by atoms with van der Waals surface area (Å²) in [6.45, 7) is 4.30. The van der Waals surface area contributed by atoms with E-state index >= 15 is 0 Å². The van der Waals surface area contributed by atoms with Crippen molar-refractivity contribution in [1.29, 1.82) is 0 Å². The number of aromatic nitrogens is 3. The second kappa shape index (κ2) is 8.73. The van der Waals surface area contributed by atoms with Crippen LogP contribution in [0.5, 0.6) is 0 Å². The molecule has 1 aromatic carbocycles. The fraction of sp³-hybridized carbons (Fsp3) is 0.550. The largest absolute Gasteiger partial charge is 0.416 e. The van der Waals surface area contributed by atoms with E-state index in [0.29, 0.717) is 45.1 Å². The Bertz CT molecular complexity index is 862. The summed E-state index contributed by atoms with van der Waals surface area (Å²) in [6.07, 6.45) is -0.766. The summed E-state index contributed by atoms with van der Waals surface area (Å²) in [6, 6.07) is 5.38. The third-order valence-corrected chi connectivity index (χ3v) is 5.57. The van der Waals surface area contributed by atoms with Crippen molar-refractivity contribution in [2.75, 3.05) is 39.4 Å². The minimum Gasteiger partial charge on any atom is -0.378 e. The van der Waals surface area contributed by atoms with Crippen LogP contribution in [0.3, 0.4) is 0 Å². The molecule has 1 unspecified atom stereocenters. The van der Waals surface area contributed by atoms with Gasteiger partial charge in [-0.1, -0.05) is 17.3 Å². The van der Waals surface area contributed by atoms with Crippen LogP contribution in [0.15, 0.2) is 30.5 Å². The first-order valence-corrected chi connectivity index (χ1v) is 10.1. The molecule has 2 fully saturated rings. The minimum absolute atomic E-state index is 0.0759. The van der Waals surface area contributed by atoms with Crippen molar-refractivity contribution in [2.24, 2.45) is 0 Å². The number of nitrogens with zero attached hydrogens (tertiary/aromatic N) is 5. The molecule has 0 aliphatic carbocycles. The molecule has 1 amide bonds. The molecule has 1 aromatic heterocycles. The van der Waals surface area contributed by atoms with Crippen LogP contribution in [0.4, 0.5) is 13.2 Å². The molecule has 2 aliphatic rings. The molecule has 0 radical (unpaired) electrons. The van der Waals surface area contributed by atoms with Crippen LogP contribution in [0.25, 0.3) is 0 Å². The molecular weight excluding hydrogens is 399 g/mol. The fourth-order valence-electron chi connectivity index (χ4n) is 3.93. The van der Waals surface area contributed by atoms with Gasteiger partial charge >= 0.3 is 6.18 Å². The van der Waals surface area contributed by atoms with E-state index < -0.39 is 11.7 Å². The van der Waals surface area contributed by atoms with E-state index in [1.165, 1.54) is 12.1 Å². The standard InChI is InChI=1S/C20H24F3N5O2/c21-20(22,23)16-5-3-15(4-6-16)12-26-7-1-2-17(13-26)28-14-18(24-25-28)19(29)27-8-10-30-11-9-27/h3-6,14,17H,1-2,7-13H2. The predicted molar refractivity (Wildman–Crippen MR) is 102 cm³/mol. The number of piperidine rings is 1. The van der Waals surface area contributed by atoms with Gasteiger partial charge in [0.15, 0.2) is 5.69 Å². The van der Waals surface area contributed by atoms with Gasteiger partial charge in [-0.3, -0.25) is 9.69 Å². The highest BCUT2D eigenvalue weighted by Crippen LogP contribution is 2.29. The molecular formula is C20H24F3N5O2. The normalized spacial score (nSPS) is 21.0. The SMILES string of the molecule is O=C(c1cn(C2CCCN(Cc3ccc(C(F)(F)F)cc3)C2)nn1)N1CCOCC1. The Kier molecular flexibility index (Phi) is 6.05. The van der Waals surface area contributed by atoms with E-state index in [-0.39, 0.29) is 11.9 Å². The van der Waals surface area contributed by atoms with Gasteiger partial charge in [0, 0.05) is 26.2 Å². The van der Waals surface area contributed by atoms with Gasteiger partial charge in [0.1, 0.15) is 0 Å². The van der Waals surface area contributed by atoms with Crippen LogP contribution in [0, 0.1) is 0 Å². The highest BCUT2D eigenvalue weighted by Gasteiger charge is 2.30. The quantitative estimate of drug-likeness (QED) is 0.757. The zero-order chi connectivity index (χ0) is 21.1. The number of morpholine rings is 1. The van der Waals surface area contributed by atoms with E-state index in [2.05, 4.69) is 15.2 Å². The molecule has 7 nitrogen and oxygen atoms in total. The lowest BCUT2D eigenvalue weighted by molar-refractivity contribution is -0.137. The summed E-state index contributed by atoms with van der Waals surface area (Å²) >= 11 is 0. The van der Waals surface area contributed by atoms with Crippen LogP contribution >= 0.6 is 0 Å². The zero-order valence-electron chi connectivity index (χ0n) is 16.5. The Labute approximate surface area is 172 Å². The second-order valence-electron chi connectivity index (χ2n) is 7.71. The molecule has 0 spiro atoms. The summed E-state index contributed by atoms with van der Waals surface area (Å²) in [5.41, 5.74) is 0.532. The summed E-state index contributed by atoms with van der Waals surface area (Å²) in [5, 5.41) is 8.24. The Morgan fingerprint density at radius 1 is 1.13 bits per heavy atom. The lowest BCUT2D eigenvalue weighted by atomic mass is 10.0. The number of carbonyl (C=O) groups is 1. The lowest BCUT2D eigenvalue weighted by Gasteiger charge is -2.32. The van der Waals surface area contributed by atoms with Gasteiger partial charge in [-0.25, -0.2) is 4.68 Å². The highest BCUT2D eigenvalue weighted by atomic mass is 19.4. The maximum Gasteiger partial charge on any atom is 0.416 e. The Hall–Kier alpha value is -2.46. The number of likely N-dealkylation sites (tertiary alicyclic amines) is 1. The molecule has 0 N–H and O–H groups in total. The zero-order valence-corrected chi connectivity index (χ0v) is 16.5. The van der Waals surface area contributed by atoms with Crippen molar-refractivity contribution >= 4 is 5.91 Å². The van der Waals surface area contributed by atoms with Gasteiger partial charge in [-0.05, 0) is 37.1 Å². The number of ether oxygens (including phenoxy) is 1. The summed E-state index contributed by atoms with van der Waals surface area (Å²) in [4.78, 5) is 16.5. The number of hydrogen-bond donors (Lipinski definition) is 0. The average Bonchev–Trinajstić information content (AvgIpc) is 3.24. The average molecular weight is 423 g/mol. The lowest BCUT2D eigenvalue weighted by Crippen LogP contribution is -2.40. The van der Waals surface area contributed by atoms with E-state index in [9.17, 15) is 18.0 Å². The first-order chi connectivity index (χ1) is 14.4. The van der Waals surface area contributed by atoms with E-state index in [1.807, 2.05) is 0 Å². The Morgan fingerprint density at radius 3 is 2.57 bits per heavy atom. The summed E-state index contributed by atoms with van der Waals surface area (Å²) in [7, 11) is 0. The predicted octanol–water partition coefficient (Wildman–Crippen LogP) is 2.61. The fourth-order valence-corrected chi connectivity index (χ4v) is 3.93. The van der Waals surface area contributed by atoms with Crippen LogP contribution in [0.1, 0.15) is 40.5 Å². The minimum atomic E-state index is -4.32. The van der Waals surface area contributed by atoms with Crippen molar-refractivity contribution in [3.63, 3.8) is 0 Å². The van der Waals surface area contributed by atoms with Crippen molar-refractivity contribution < 1.29 is 22.7 Å². The van der Waals surface area contributed by atoms with Gasteiger partial charge < -0.3 is 9.64 Å². The number of rotatable bonds is 4. The highest BCUT2D eigenvalue weighted by molar-refractivity contribution is 5.92. The number of carbonyl (C=O) groups excluding carboxylic acids is 1. The molecule has 1 atom stereocenters. The third kappa shape index (κ3) is 4.81. The molecule has 0 bridgehead atoms. The monoisotopic (exact) mass is 423 g/mol. The number of halogens is 3. The molecule has 4 rings (SSSR count). The van der Waals surface area contributed by atoms with E-state index in [1.54, 1.807) is 15.8 Å². The maximum absolute atomic E-state index is 12.7. The molecule has 10 heteroatoms. The molecule has 30 heavy (non-hydrogen) atoms. The van der Waals surface area contributed by atoms with Crippen molar-refractivity contribution in [1.82, 2.24) is 24.8 Å². The molecule has 0 saturated carbocycles. The third-order valence-electron chi connectivity index (χ3n) is 5.57. The van der Waals surface area contributed by atoms with Crippen molar-refractivity contribution in [3.8, 4) is 0 Å². The summed E-state index contributed by atoms with van der Waals surface area (Å²) < 4.78 is 45.2. The molecule has 2 aliphatic heterocycles. The first kappa shape index (κ1) is 20.8. The van der Waals surface area contributed by atoms with E-state index in [0.717, 1.165) is 37.1 Å². The van der Waals surface area contributed by atoms with Gasteiger partial charge in [0.2, 0.25) is 0 Å². The molecule has 2 aromatic rings. The molecule has 2 saturated heterocycles. The van der Waals surface area contributed by atoms with Crippen LogP contribution < -0.4 is 0 Å². The van der Waals surface area contributed by atoms with Gasteiger partial charge in [0.25, 0.3) is 5.91 Å². The van der Waals surface area contributed by atoms with Crippen molar-refractivity contribution in [2.45, 2.75) is 31.6 Å². The van der Waals surface area contributed by atoms with Crippen LogP contribution in [-0.2, 0) is 17.5 Å². The molecule has 162 valence electrons. The Morgan fingerprint density at radius 2 is 1.87 bits per heavy atom. The first-order valence-electron chi connectivity index (χ1n) is 10.1. The number of alkyl halides is 3. The second-order valence-corrected chi connectivity index (χ2v) is 7.71.